The monoisotopic (exact) mass is 456 g/mol. The second-order valence-corrected chi connectivity index (χ2v) is 9.27. The molecule has 150 valence electrons. The largest absolute Gasteiger partial charge is 0.511 e. The van der Waals surface area contributed by atoms with E-state index >= 15 is 0 Å². The fourth-order valence-corrected chi connectivity index (χ4v) is 5.97. The Kier molecular flexibility index (Phi) is 4.54. The van der Waals surface area contributed by atoms with Crippen LogP contribution in [0.5, 0.6) is 11.5 Å². The maximum absolute atomic E-state index is 14.2. The van der Waals surface area contributed by atoms with E-state index < -0.39 is 5.82 Å². The zero-order chi connectivity index (χ0) is 20.3. The molecule has 2 aromatic rings. The first-order chi connectivity index (χ1) is 14.0. The van der Waals surface area contributed by atoms with Crippen molar-refractivity contribution in [3.8, 4) is 11.5 Å². The predicted octanol–water partition coefficient (Wildman–Crippen LogP) is 6.46. The second-order valence-electron chi connectivity index (χ2n) is 8.36. The minimum atomic E-state index is -0.467. The summed E-state index contributed by atoms with van der Waals surface area (Å²) >= 11 is 3.24. The number of fused-ring (bicyclic) bond motifs is 5. The number of aliphatic hydroxyl groups is 1. The van der Waals surface area contributed by atoms with Crippen LogP contribution in [0.3, 0.4) is 0 Å². The summed E-state index contributed by atoms with van der Waals surface area (Å²) in [5, 5.41) is 11.0. The first-order valence-corrected chi connectivity index (χ1v) is 11.0. The van der Waals surface area contributed by atoms with Crippen molar-refractivity contribution < 1.29 is 19.0 Å². The standard InChI is InChI=1S/C24H22BrFO3/c1-2-12-5-7-16(29-19-8-6-15(25)10-18(19)26)11-17(12)22-23(27)20-13-3-4-14(9-13)21(20)24(22)28/h5-8,10-11,13-14,20-21,27H,2-4,9H2,1H3/t13-,14+,20-,21+/m0/s1. The predicted molar refractivity (Wildman–Crippen MR) is 112 cm³/mol. The van der Waals surface area contributed by atoms with Gasteiger partial charge in [0.05, 0.1) is 5.57 Å². The highest BCUT2D eigenvalue weighted by Crippen LogP contribution is 2.60. The number of carbonyl (C=O) groups excluding carboxylic acids is 1. The lowest BCUT2D eigenvalue weighted by molar-refractivity contribution is -0.118. The number of aryl methyl sites for hydroxylation is 1. The van der Waals surface area contributed by atoms with Crippen molar-refractivity contribution in [3.63, 3.8) is 0 Å². The molecule has 2 bridgehead atoms. The Morgan fingerprint density at radius 2 is 1.90 bits per heavy atom. The minimum Gasteiger partial charge on any atom is -0.511 e. The highest BCUT2D eigenvalue weighted by atomic mass is 79.9. The second kappa shape index (κ2) is 6.98. The maximum Gasteiger partial charge on any atom is 0.170 e. The van der Waals surface area contributed by atoms with Gasteiger partial charge in [0.15, 0.2) is 17.3 Å². The number of halogens is 2. The van der Waals surface area contributed by atoms with Crippen LogP contribution >= 0.6 is 15.9 Å². The van der Waals surface area contributed by atoms with E-state index in [-0.39, 0.29) is 29.1 Å². The van der Waals surface area contributed by atoms with Gasteiger partial charge in [-0.25, -0.2) is 4.39 Å². The number of hydrogen-bond acceptors (Lipinski definition) is 3. The molecule has 0 heterocycles. The van der Waals surface area contributed by atoms with E-state index in [1.807, 2.05) is 13.0 Å². The molecule has 5 heteroatoms. The Bertz CT molecular complexity index is 1040. The van der Waals surface area contributed by atoms with Gasteiger partial charge in [0, 0.05) is 16.3 Å². The number of rotatable bonds is 4. The Labute approximate surface area is 177 Å². The molecule has 0 spiro atoms. The number of ether oxygens (including phenoxy) is 1. The quantitative estimate of drug-likeness (QED) is 0.574. The van der Waals surface area contributed by atoms with Gasteiger partial charge in [-0.05, 0) is 79.0 Å². The normalized spacial score (nSPS) is 27.6. The summed E-state index contributed by atoms with van der Waals surface area (Å²) in [5.74, 6) is 1.17. The van der Waals surface area contributed by atoms with E-state index in [0.717, 1.165) is 36.8 Å². The zero-order valence-corrected chi connectivity index (χ0v) is 17.7. The van der Waals surface area contributed by atoms with E-state index in [9.17, 15) is 14.3 Å². The number of carbonyl (C=O) groups is 1. The molecule has 0 unspecified atom stereocenters. The molecule has 5 rings (SSSR count). The summed E-state index contributed by atoms with van der Waals surface area (Å²) in [7, 11) is 0. The molecule has 0 amide bonds. The number of Topliss-reactive ketones (excluding diaryl/α,β-unsaturated/α-hetero) is 1. The zero-order valence-electron chi connectivity index (χ0n) is 16.1. The lowest BCUT2D eigenvalue weighted by Gasteiger charge is -2.23. The van der Waals surface area contributed by atoms with E-state index in [2.05, 4.69) is 15.9 Å². The van der Waals surface area contributed by atoms with Crippen molar-refractivity contribution in [1.82, 2.24) is 0 Å². The minimum absolute atomic E-state index is 0.0190. The van der Waals surface area contributed by atoms with E-state index in [4.69, 9.17) is 4.74 Å². The van der Waals surface area contributed by atoms with Crippen LogP contribution in [0.4, 0.5) is 4.39 Å². The third-order valence-electron chi connectivity index (χ3n) is 6.89. The van der Waals surface area contributed by atoms with Crippen molar-refractivity contribution in [3.05, 3.63) is 63.6 Å². The summed E-state index contributed by atoms with van der Waals surface area (Å²) in [4.78, 5) is 13.3. The van der Waals surface area contributed by atoms with Crippen molar-refractivity contribution >= 4 is 27.3 Å². The van der Waals surface area contributed by atoms with Crippen LogP contribution in [0.25, 0.3) is 5.57 Å². The highest BCUT2D eigenvalue weighted by Gasteiger charge is 2.57. The smallest absolute Gasteiger partial charge is 0.170 e. The molecule has 0 aromatic heterocycles. The fourth-order valence-electron chi connectivity index (χ4n) is 5.64. The number of hydrogen-bond donors (Lipinski definition) is 1. The molecule has 4 atom stereocenters. The molecule has 3 aliphatic rings. The summed E-state index contributed by atoms with van der Waals surface area (Å²) < 4.78 is 20.6. The summed E-state index contributed by atoms with van der Waals surface area (Å²) in [6.07, 6.45) is 3.98. The molecule has 2 fully saturated rings. The van der Waals surface area contributed by atoms with Crippen LogP contribution in [0.2, 0.25) is 0 Å². The van der Waals surface area contributed by atoms with Gasteiger partial charge in [0.2, 0.25) is 0 Å². The molecule has 0 aliphatic heterocycles. The highest BCUT2D eigenvalue weighted by molar-refractivity contribution is 9.10. The first-order valence-electron chi connectivity index (χ1n) is 10.2. The molecule has 1 N–H and O–H groups in total. The van der Waals surface area contributed by atoms with Crippen molar-refractivity contribution in [2.45, 2.75) is 32.6 Å². The Morgan fingerprint density at radius 3 is 2.59 bits per heavy atom. The molecule has 2 saturated carbocycles. The van der Waals surface area contributed by atoms with Gasteiger partial charge in [0.25, 0.3) is 0 Å². The van der Waals surface area contributed by atoms with Crippen LogP contribution in [-0.2, 0) is 11.2 Å². The maximum atomic E-state index is 14.2. The van der Waals surface area contributed by atoms with E-state index in [0.29, 0.717) is 27.6 Å². The third-order valence-corrected chi connectivity index (χ3v) is 7.38. The average molecular weight is 457 g/mol. The number of allylic oxidation sites excluding steroid dienone is 2. The van der Waals surface area contributed by atoms with Crippen molar-refractivity contribution in [1.29, 1.82) is 0 Å². The van der Waals surface area contributed by atoms with Crippen molar-refractivity contribution in [2.75, 3.05) is 0 Å². The summed E-state index contributed by atoms with van der Waals surface area (Å²) in [6.45, 7) is 2.02. The van der Waals surface area contributed by atoms with Gasteiger partial charge in [-0.2, -0.15) is 0 Å². The SMILES string of the molecule is CCc1ccc(Oc2ccc(Br)cc2F)cc1C1=C(O)[C@H]2[C@H]3CC[C@H](C3)[C@H]2C1=O. The molecule has 2 aromatic carbocycles. The molecule has 0 saturated heterocycles. The third kappa shape index (κ3) is 2.93. The molecule has 3 aliphatic carbocycles. The van der Waals surface area contributed by atoms with Gasteiger partial charge in [-0.1, -0.05) is 28.9 Å². The van der Waals surface area contributed by atoms with Crippen LogP contribution in [0.15, 0.2) is 46.6 Å². The van der Waals surface area contributed by atoms with E-state index in [1.54, 1.807) is 24.3 Å². The Hall–Kier alpha value is -2.14. The average Bonchev–Trinajstić information content (AvgIpc) is 3.38. The van der Waals surface area contributed by atoms with Gasteiger partial charge >= 0.3 is 0 Å². The first kappa shape index (κ1) is 18.9. The molecule has 0 radical (unpaired) electrons. The lowest BCUT2D eigenvalue weighted by Crippen LogP contribution is -2.24. The summed E-state index contributed by atoms with van der Waals surface area (Å²) in [6, 6.07) is 10.1. The number of benzene rings is 2. The number of aliphatic hydroxyl groups excluding tert-OH is 1. The molecule has 3 nitrogen and oxygen atoms in total. The van der Waals surface area contributed by atoms with E-state index in [1.165, 1.54) is 6.07 Å². The van der Waals surface area contributed by atoms with Crippen LogP contribution < -0.4 is 4.74 Å². The van der Waals surface area contributed by atoms with Crippen LogP contribution in [0.1, 0.15) is 37.3 Å². The van der Waals surface area contributed by atoms with Crippen LogP contribution in [-0.4, -0.2) is 10.9 Å². The van der Waals surface area contributed by atoms with Crippen molar-refractivity contribution in [2.24, 2.45) is 23.7 Å². The summed E-state index contributed by atoms with van der Waals surface area (Å²) in [5.41, 5.74) is 2.16. The fraction of sp³-hybridized carbons (Fsp3) is 0.375. The Balaban J connectivity index is 1.54. The Morgan fingerprint density at radius 1 is 1.14 bits per heavy atom. The topological polar surface area (TPSA) is 46.5 Å². The molecule has 29 heavy (non-hydrogen) atoms. The van der Waals surface area contributed by atoms with Crippen LogP contribution in [0, 0.1) is 29.5 Å². The molecular formula is C24H22BrFO3. The van der Waals surface area contributed by atoms with Gasteiger partial charge in [-0.3, -0.25) is 4.79 Å². The van der Waals surface area contributed by atoms with Gasteiger partial charge < -0.3 is 9.84 Å². The van der Waals surface area contributed by atoms with Gasteiger partial charge in [-0.15, -0.1) is 0 Å². The number of ketones is 1. The lowest BCUT2D eigenvalue weighted by atomic mass is 9.80. The molecular weight excluding hydrogens is 435 g/mol. The van der Waals surface area contributed by atoms with Gasteiger partial charge in [0.1, 0.15) is 11.5 Å².